The summed E-state index contributed by atoms with van der Waals surface area (Å²) in [6.07, 6.45) is 1.36. The first-order valence-electron chi connectivity index (χ1n) is 7.39. The standard InChI is InChI=1S/C18H20N2O.ClH/c19-16(14-9-5-2-6-10-14)12-18(21)20-17-11-15(17)13-7-3-1-4-8-13;/h1-10,15-17H,11-12,19H2,(H,20,21);1H. The Morgan fingerprint density at radius 3 is 2.32 bits per heavy atom. The zero-order valence-electron chi connectivity index (χ0n) is 12.3. The van der Waals surface area contributed by atoms with E-state index in [9.17, 15) is 4.79 Å². The molecular formula is C18H21ClN2O. The molecule has 3 unspecified atom stereocenters. The minimum atomic E-state index is -0.236. The molecule has 0 bridgehead atoms. The van der Waals surface area contributed by atoms with Gasteiger partial charge in [0.2, 0.25) is 5.91 Å². The van der Waals surface area contributed by atoms with Crippen molar-refractivity contribution in [3.8, 4) is 0 Å². The van der Waals surface area contributed by atoms with Crippen molar-refractivity contribution in [3.63, 3.8) is 0 Å². The van der Waals surface area contributed by atoms with Crippen LogP contribution in [0.2, 0.25) is 0 Å². The second kappa shape index (κ2) is 7.43. The summed E-state index contributed by atoms with van der Waals surface area (Å²) in [5.41, 5.74) is 8.38. The number of halogens is 1. The second-order valence-electron chi connectivity index (χ2n) is 5.65. The largest absolute Gasteiger partial charge is 0.353 e. The molecular weight excluding hydrogens is 296 g/mol. The van der Waals surface area contributed by atoms with E-state index < -0.39 is 0 Å². The van der Waals surface area contributed by atoms with E-state index in [-0.39, 0.29) is 30.4 Å². The van der Waals surface area contributed by atoms with Crippen LogP contribution in [-0.4, -0.2) is 11.9 Å². The highest BCUT2D eigenvalue weighted by atomic mass is 35.5. The number of hydrogen-bond donors (Lipinski definition) is 2. The van der Waals surface area contributed by atoms with Crippen LogP contribution in [0.4, 0.5) is 0 Å². The van der Waals surface area contributed by atoms with Crippen LogP contribution in [0.15, 0.2) is 60.7 Å². The lowest BCUT2D eigenvalue weighted by molar-refractivity contribution is -0.121. The number of rotatable bonds is 5. The van der Waals surface area contributed by atoms with Gasteiger partial charge in [0.25, 0.3) is 0 Å². The smallest absolute Gasteiger partial charge is 0.222 e. The van der Waals surface area contributed by atoms with Crippen LogP contribution in [0.1, 0.15) is 35.9 Å². The third kappa shape index (κ3) is 4.09. The molecule has 1 fully saturated rings. The number of hydrogen-bond acceptors (Lipinski definition) is 2. The van der Waals surface area contributed by atoms with Crippen LogP contribution in [-0.2, 0) is 4.79 Å². The van der Waals surface area contributed by atoms with Crippen molar-refractivity contribution >= 4 is 18.3 Å². The SMILES string of the molecule is Cl.NC(CC(=O)NC1CC1c1ccccc1)c1ccccc1. The maximum absolute atomic E-state index is 12.1. The minimum Gasteiger partial charge on any atom is -0.353 e. The quantitative estimate of drug-likeness (QED) is 0.890. The fourth-order valence-corrected chi connectivity index (χ4v) is 2.71. The van der Waals surface area contributed by atoms with Crippen molar-refractivity contribution in [1.82, 2.24) is 5.32 Å². The number of benzene rings is 2. The van der Waals surface area contributed by atoms with Crippen molar-refractivity contribution in [2.45, 2.75) is 30.8 Å². The molecule has 3 nitrogen and oxygen atoms in total. The van der Waals surface area contributed by atoms with Crippen molar-refractivity contribution in [1.29, 1.82) is 0 Å². The molecule has 2 aromatic carbocycles. The van der Waals surface area contributed by atoms with Gasteiger partial charge in [0.1, 0.15) is 0 Å². The number of carbonyl (C=O) groups is 1. The highest BCUT2D eigenvalue weighted by molar-refractivity contribution is 5.85. The lowest BCUT2D eigenvalue weighted by Gasteiger charge is -2.12. The summed E-state index contributed by atoms with van der Waals surface area (Å²) in [6.45, 7) is 0. The third-order valence-corrected chi connectivity index (χ3v) is 4.00. The van der Waals surface area contributed by atoms with E-state index in [2.05, 4.69) is 17.4 Å². The maximum atomic E-state index is 12.1. The molecule has 0 saturated heterocycles. The topological polar surface area (TPSA) is 55.1 Å². The molecule has 2 aromatic rings. The van der Waals surface area contributed by atoms with Crippen LogP contribution < -0.4 is 11.1 Å². The number of carbonyl (C=O) groups excluding carboxylic acids is 1. The van der Waals surface area contributed by atoms with Gasteiger partial charge in [-0.05, 0) is 17.5 Å². The van der Waals surface area contributed by atoms with Crippen LogP contribution in [0, 0.1) is 0 Å². The van der Waals surface area contributed by atoms with E-state index >= 15 is 0 Å². The molecule has 4 heteroatoms. The van der Waals surface area contributed by atoms with Gasteiger partial charge in [-0.25, -0.2) is 0 Å². The maximum Gasteiger partial charge on any atom is 0.222 e. The van der Waals surface area contributed by atoms with E-state index in [1.165, 1.54) is 5.56 Å². The number of nitrogens with two attached hydrogens (primary N) is 1. The van der Waals surface area contributed by atoms with Crippen molar-refractivity contribution < 1.29 is 4.79 Å². The first-order chi connectivity index (χ1) is 10.2. The Kier molecular flexibility index (Phi) is 5.58. The second-order valence-corrected chi connectivity index (χ2v) is 5.65. The normalized spacial score (nSPS) is 20.6. The highest BCUT2D eigenvalue weighted by Crippen LogP contribution is 2.40. The monoisotopic (exact) mass is 316 g/mol. The third-order valence-electron chi connectivity index (χ3n) is 4.00. The number of amides is 1. The molecule has 0 aliphatic heterocycles. The fraction of sp³-hybridized carbons (Fsp3) is 0.278. The van der Waals surface area contributed by atoms with E-state index in [1.807, 2.05) is 48.5 Å². The zero-order chi connectivity index (χ0) is 14.7. The molecule has 3 rings (SSSR count). The Morgan fingerprint density at radius 2 is 1.68 bits per heavy atom. The van der Waals surface area contributed by atoms with Gasteiger partial charge in [0, 0.05) is 24.4 Å². The lowest BCUT2D eigenvalue weighted by Crippen LogP contribution is -2.29. The molecule has 1 amide bonds. The van der Waals surface area contributed by atoms with Gasteiger partial charge < -0.3 is 11.1 Å². The van der Waals surface area contributed by atoms with Crippen LogP contribution in [0.5, 0.6) is 0 Å². The van der Waals surface area contributed by atoms with Crippen molar-refractivity contribution in [2.24, 2.45) is 5.73 Å². The van der Waals surface area contributed by atoms with E-state index in [4.69, 9.17) is 5.73 Å². The highest BCUT2D eigenvalue weighted by Gasteiger charge is 2.39. The van der Waals surface area contributed by atoms with Gasteiger partial charge in [-0.1, -0.05) is 60.7 Å². The molecule has 3 N–H and O–H groups in total. The van der Waals surface area contributed by atoms with Gasteiger partial charge in [-0.15, -0.1) is 12.4 Å². The Hall–Kier alpha value is -1.84. The molecule has 3 atom stereocenters. The molecule has 22 heavy (non-hydrogen) atoms. The predicted molar refractivity (Wildman–Crippen MR) is 91.0 cm³/mol. The summed E-state index contributed by atoms with van der Waals surface area (Å²) in [4.78, 5) is 12.1. The molecule has 0 spiro atoms. The van der Waals surface area contributed by atoms with E-state index in [0.717, 1.165) is 12.0 Å². The molecule has 0 aromatic heterocycles. The lowest BCUT2D eigenvalue weighted by atomic mass is 10.0. The average Bonchev–Trinajstić information content (AvgIpc) is 3.28. The summed E-state index contributed by atoms with van der Waals surface area (Å²) in [6, 6.07) is 20.1. The van der Waals surface area contributed by atoms with Gasteiger partial charge >= 0.3 is 0 Å². The van der Waals surface area contributed by atoms with Crippen molar-refractivity contribution in [3.05, 3.63) is 71.8 Å². The number of nitrogens with one attached hydrogen (secondary N) is 1. The Labute approximate surface area is 137 Å². The van der Waals surface area contributed by atoms with Gasteiger partial charge in [0.05, 0.1) is 0 Å². The van der Waals surface area contributed by atoms with Gasteiger partial charge in [0.15, 0.2) is 0 Å². The Morgan fingerprint density at radius 1 is 1.09 bits per heavy atom. The summed E-state index contributed by atoms with van der Waals surface area (Å²) in [5.74, 6) is 0.498. The Balaban J connectivity index is 0.00000176. The summed E-state index contributed by atoms with van der Waals surface area (Å²) >= 11 is 0. The summed E-state index contributed by atoms with van der Waals surface area (Å²) in [7, 11) is 0. The fourth-order valence-electron chi connectivity index (χ4n) is 2.71. The average molecular weight is 317 g/mol. The minimum absolute atomic E-state index is 0. The van der Waals surface area contributed by atoms with E-state index in [0.29, 0.717) is 12.3 Å². The van der Waals surface area contributed by atoms with Crippen molar-refractivity contribution in [2.75, 3.05) is 0 Å². The van der Waals surface area contributed by atoms with Gasteiger partial charge in [-0.3, -0.25) is 4.79 Å². The molecule has 0 radical (unpaired) electrons. The van der Waals surface area contributed by atoms with Crippen LogP contribution in [0.25, 0.3) is 0 Å². The summed E-state index contributed by atoms with van der Waals surface area (Å²) < 4.78 is 0. The first kappa shape index (κ1) is 16.5. The summed E-state index contributed by atoms with van der Waals surface area (Å²) in [5, 5.41) is 3.08. The van der Waals surface area contributed by atoms with E-state index in [1.54, 1.807) is 0 Å². The molecule has 1 saturated carbocycles. The Bertz CT molecular complexity index is 603. The molecule has 1 aliphatic carbocycles. The molecule has 116 valence electrons. The molecule has 0 heterocycles. The van der Waals surface area contributed by atoms with Crippen LogP contribution in [0.3, 0.4) is 0 Å². The zero-order valence-corrected chi connectivity index (χ0v) is 13.1. The van der Waals surface area contributed by atoms with Gasteiger partial charge in [-0.2, -0.15) is 0 Å². The first-order valence-corrected chi connectivity index (χ1v) is 7.39. The molecule has 1 aliphatic rings. The van der Waals surface area contributed by atoms with Crippen LogP contribution >= 0.6 is 12.4 Å². The predicted octanol–water partition coefficient (Wildman–Crippen LogP) is 3.17.